The van der Waals surface area contributed by atoms with Crippen molar-refractivity contribution >= 4 is 11.6 Å². The fourth-order valence-corrected chi connectivity index (χ4v) is 1.26. The lowest BCUT2D eigenvalue weighted by Gasteiger charge is -1.99. The molecule has 0 atom stereocenters. The molecule has 0 unspecified atom stereocenters. The van der Waals surface area contributed by atoms with Crippen molar-refractivity contribution in [3.63, 3.8) is 0 Å². The van der Waals surface area contributed by atoms with Crippen LogP contribution in [0.5, 0.6) is 0 Å². The van der Waals surface area contributed by atoms with Gasteiger partial charge in [0.1, 0.15) is 28.9 Å². The molecule has 0 saturated carbocycles. The molecule has 0 aliphatic carbocycles. The Balaban J connectivity index is 2.55. The number of alkyl halides is 1. The van der Waals surface area contributed by atoms with Crippen LogP contribution in [0.25, 0.3) is 11.5 Å². The van der Waals surface area contributed by atoms with E-state index in [1.807, 2.05) is 0 Å². The van der Waals surface area contributed by atoms with E-state index in [2.05, 4.69) is 10.2 Å². The summed E-state index contributed by atoms with van der Waals surface area (Å²) in [6.07, 6.45) is 0. The van der Waals surface area contributed by atoms with E-state index in [4.69, 9.17) is 16.0 Å². The summed E-state index contributed by atoms with van der Waals surface area (Å²) in [7, 11) is 0. The van der Waals surface area contributed by atoms with E-state index >= 15 is 0 Å². The molecular weight excluding hydrogens is 245 g/mol. The van der Waals surface area contributed by atoms with Gasteiger partial charge in [-0.15, -0.1) is 21.8 Å². The van der Waals surface area contributed by atoms with Crippen molar-refractivity contribution in [3.8, 4) is 11.5 Å². The molecule has 0 radical (unpaired) electrons. The van der Waals surface area contributed by atoms with Crippen LogP contribution < -0.4 is 0 Å². The van der Waals surface area contributed by atoms with Gasteiger partial charge in [-0.05, 0) is 0 Å². The monoisotopic (exact) mass is 248 g/mol. The fraction of sp³-hybridized carbons (Fsp3) is 0.111. The normalized spacial score (nSPS) is 10.8. The van der Waals surface area contributed by atoms with Crippen LogP contribution >= 0.6 is 11.6 Å². The van der Waals surface area contributed by atoms with Gasteiger partial charge in [0.2, 0.25) is 5.89 Å². The van der Waals surface area contributed by atoms with Crippen LogP contribution in [0, 0.1) is 17.5 Å². The van der Waals surface area contributed by atoms with Gasteiger partial charge in [-0.1, -0.05) is 0 Å². The number of aromatic nitrogens is 2. The molecule has 16 heavy (non-hydrogen) atoms. The van der Waals surface area contributed by atoms with Gasteiger partial charge in [0, 0.05) is 12.1 Å². The van der Waals surface area contributed by atoms with Crippen molar-refractivity contribution in [2.45, 2.75) is 5.88 Å². The molecule has 1 heterocycles. The molecule has 1 aromatic carbocycles. The van der Waals surface area contributed by atoms with Crippen LogP contribution in [-0.4, -0.2) is 10.2 Å². The first-order valence-corrected chi connectivity index (χ1v) is 4.68. The van der Waals surface area contributed by atoms with E-state index < -0.39 is 23.0 Å². The Labute approximate surface area is 92.9 Å². The second-order valence-corrected chi connectivity index (χ2v) is 3.15. The molecule has 2 rings (SSSR count). The molecular formula is C9H4ClF3N2O. The van der Waals surface area contributed by atoms with E-state index in [0.29, 0.717) is 12.1 Å². The Morgan fingerprint density at radius 1 is 1.12 bits per heavy atom. The first-order valence-electron chi connectivity index (χ1n) is 4.15. The highest BCUT2D eigenvalue weighted by Gasteiger charge is 2.19. The van der Waals surface area contributed by atoms with Gasteiger partial charge in [-0.3, -0.25) is 0 Å². The Kier molecular flexibility index (Phi) is 2.82. The molecule has 1 aromatic heterocycles. The van der Waals surface area contributed by atoms with Crippen molar-refractivity contribution in [2.24, 2.45) is 0 Å². The number of hydrogen-bond donors (Lipinski definition) is 0. The fourth-order valence-electron chi connectivity index (χ4n) is 1.16. The molecule has 84 valence electrons. The minimum absolute atomic E-state index is 0.0276. The van der Waals surface area contributed by atoms with Gasteiger partial charge in [0.25, 0.3) is 5.89 Å². The number of hydrogen-bond acceptors (Lipinski definition) is 3. The van der Waals surface area contributed by atoms with Crippen molar-refractivity contribution < 1.29 is 17.6 Å². The van der Waals surface area contributed by atoms with Crippen molar-refractivity contribution in [1.82, 2.24) is 10.2 Å². The number of nitrogens with zero attached hydrogens (tertiary/aromatic N) is 2. The van der Waals surface area contributed by atoms with Crippen molar-refractivity contribution in [1.29, 1.82) is 0 Å². The summed E-state index contributed by atoms with van der Waals surface area (Å²) in [6, 6.07) is 1.06. The first-order chi connectivity index (χ1) is 7.61. The minimum atomic E-state index is -1.11. The standard InChI is InChI=1S/C9H4ClF3N2O/c10-3-7-14-15-9(16-7)8-5(12)1-4(11)2-6(8)13/h1-2H,3H2. The SMILES string of the molecule is Fc1cc(F)c(-c2nnc(CCl)o2)c(F)c1. The Bertz CT molecular complexity index is 506. The third kappa shape index (κ3) is 1.88. The quantitative estimate of drug-likeness (QED) is 0.767. The lowest BCUT2D eigenvalue weighted by Crippen LogP contribution is -1.92. The van der Waals surface area contributed by atoms with Crippen molar-refractivity contribution in [3.05, 3.63) is 35.5 Å². The van der Waals surface area contributed by atoms with Gasteiger partial charge >= 0.3 is 0 Å². The molecule has 2 aromatic rings. The van der Waals surface area contributed by atoms with Crippen LogP contribution in [-0.2, 0) is 5.88 Å². The third-order valence-corrected chi connectivity index (χ3v) is 2.03. The maximum atomic E-state index is 13.3. The topological polar surface area (TPSA) is 38.9 Å². The van der Waals surface area contributed by atoms with E-state index in [1.54, 1.807) is 0 Å². The molecule has 0 aliphatic heterocycles. The summed E-state index contributed by atoms with van der Waals surface area (Å²) in [5, 5.41) is 6.85. The van der Waals surface area contributed by atoms with Gasteiger partial charge in [-0.2, -0.15) is 0 Å². The predicted molar refractivity (Wildman–Crippen MR) is 49.2 cm³/mol. The first kappa shape index (κ1) is 10.9. The van der Waals surface area contributed by atoms with Crippen LogP contribution in [0.4, 0.5) is 13.2 Å². The molecule has 0 bridgehead atoms. The van der Waals surface area contributed by atoms with Crippen LogP contribution in [0.1, 0.15) is 5.89 Å². The van der Waals surface area contributed by atoms with E-state index in [1.165, 1.54) is 0 Å². The zero-order valence-electron chi connectivity index (χ0n) is 7.68. The summed E-state index contributed by atoms with van der Waals surface area (Å²) in [6.45, 7) is 0. The zero-order valence-corrected chi connectivity index (χ0v) is 8.43. The van der Waals surface area contributed by atoms with Crippen molar-refractivity contribution in [2.75, 3.05) is 0 Å². The number of halogens is 4. The number of rotatable bonds is 2. The lowest BCUT2D eigenvalue weighted by atomic mass is 10.2. The van der Waals surface area contributed by atoms with Crippen LogP contribution in [0.15, 0.2) is 16.5 Å². The maximum absolute atomic E-state index is 13.3. The summed E-state index contributed by atoms with van der Waals surface area (Å²) < 4.78 is 44.0. The van der Waals surface area contributed by atoms with Crippen LogP contribution in [0.2, 0.25) is 0 Å². The second kappa shape index (κ2) is 4.13. The maximum Gasteiger partial charge on any atom is 0.253 e. The van der Waals surface area contributed by atoms with E-state index in [9.17, 15) is 13.2 Å². The summed E-state index contributed by atoms with van der Waals surface area (Å²) >= 11 is 5.39. The average Bonchev–Trinajstić information content (AvgIpc) is 2.64. The summed E-state index contributed by atoms with van der Waals surface area (Å²) in [5.74, 6) is -3.65. The Morgan fingerprint density at radius 3 is 2.25 bits per heavy atom. The Hall–Kier alpha value is -1.56. The highest BCUT2D eigenvalue weighted by molar-refractivity contribution is 6.16. The lowest BCUT2D eigenvalue weighted by molar-refractivity contribution is 0.505. The molecule has 0 saturated heterocycles. The summed E-state index contributed by atoms with van der Waals surface area (Å²) in [5.41, 5.74) is -0.565. The van der Waals surface area contributed by atoms with Gasteiger partial charge in [-0.25, -0.2) is 13.2 Å². The van der Waals surface area contributed by atoms with E-state index in [-0.39, 0.29) is 17.7 Å². The summed E-state index contributed by atoms with van der Waals surface area (Å²) in [4.78, 5) is 0. The average molecular weight is 249 g/mol. The van der Waals surface area contributed by atoms with Gasteiger partial charge < -0.3 is 4.42 Å². The smallest absolute Gasteiger partial charge is 0.253 e. The minimum Gasteiger partial charge on any atom is -0.419 e. The van der Waals surface area contributed by atoms with E-state index in [0.717, 1.165) is 0 Å². The van der Waals surface area contributed by atoms with Crippen LogP contribution in [0.3, 0.4) is 0 Å². The highest BCUT2D eigenvalue weighted by Crippen LogP contribution is 2.25. The molecule has 7 heteroatoms. The molecule has 0 aliphatic rings. The van der Waals surface area contributed by atoms with Gasteiger partial charge in [0.15, 0.2) is 0 Å². The third-order valence-electron chi connectivity index (χ3n) is 1.80. The number of benzene rings is 1. The predicted octanol–water partition coefficient (Wildman–Crippen LogP) is 2.89. The molecule has 3 nitrogen and oxygen atoms in total. The zero-order chi connectivity index (χ0) is 11.7. The molecule has 0 spiro atoms. The highest BCUT2D eigenvalue weighted by atomic mass is 35.5. The van der Waals surface area contributed by atoms with Gasteiger partial charge in [0.05, 0.1) is 0 Å². The second-order valence-electron chi connectivity index (χ2n) is 2.88. The molecule has 0 N–H and O–H groups in total. The molecule has 0 amide bonds. The largest absolute Gasteiger partial charge is 0.419 e. The Morgan fingerprint density at radius 2 is 1.75 bits per heavy atom. The molecule has 0 fully saturated rings.